The summed E-state index contributed by atoms with van der Waals surface area (Å²) in [6, 6.07) is 0. The average Bonchev–Trinajstić information content (AvgIpc) is 2.84. The lowest BCUT2D eigenvalue weighted by Gasteiger charge is -2.42. The molecule has 0 fully saturated rings. The highest BCUT2D eigenvalue weighted by atomic mass is 19.4. The Kier molecular flexibility index (Phi) is 13.9. The number of alkyl halides is 17. The Morgan fingerprint density at radius 3 is 1.34 bits per heavy atom. The van der Waals surface area contributed by atoms with Gasteiger partial charge in [-0.25, -0.2) is 9.59 Å². The molecule has 0 saturated heterocycles. The molecule has 0 aromatic carbocycles. The number of halogens is 17. The number of esters is 2. The van der Waals surface area contributed by atoms with Gasteiger partial charge in [-0.2, -0.15) is 74.6 Å². The van der Waals surface area contributed by atoms with E-state index in [1.807, 2.05) is 6.92 Å². The van der Waals surface area contributed by atoms with Crippen LogP contribution in [0.2, 0.25) is 0 Å². The second-order valence-corrected chi connectivity index (χ2v) is 8.82. The van der Waals surface area contributed by atoms with Crippen molar-refractivity contribution in [1.82, 2.24) is 0 Å². The van der Waals surface area contributed by atoms with Gasteiger partial charge in [-0.05, 0) is 20.3 Å². The number of aliphatic hydroxyl groups excluding tert-OH is 1. The summed E-state index contributed by atoms with van der Waals surface area (Å²) < 4.78 is 230. The summed E-state index contributed by atoms with van der Waals surface area (Å²) in [6.45, 7) is 9.76. The zero-order valence-electron chi connectivity index (χ0n) is 22.3. The highest BCUT2D eigenvalue weighted by molar-refractivity contribution is 5.87. The molecule has 0 amide bonds. The van der Waals surface area contributed by atoms with Gasteiger partial charge in [0.05, 0.1) is 6.10 Å². The van der Waals surface area contributed by atoms with Crippen molar-refractivity contribution in [2.75, 3.05) is 6.61 Å². The highest BCUT2D eigenvalue weighted by Gasteiger charge is 2.93. The SMILES string of the molecule is C=C(C)C(=O)OC(F)(F)C(F)(F)C(F)(F)C(F)(F)C(F)(F)C(F)(F)C(F)(F)CCC(F)(F)F.C=C(C)C(=O)OCC(O)CC. The van der Waals surface area contributed by atoms with Gasteiger partial charge in [-0.1, -0.05) is 20.1 Å². The summed E-state index contributed by atoms with van der Waals surface area (Å²) in [4.78, 5) is 21.5. The first-order chi connectivity index (χ1) is 19.1. The Labute approximate surface area is 236 Å². The molecule has 0 aliphatic carbocycles. The van der Waals surface area contributed by atoms with Crippen LogP contribution in [0.5, 0.6) is 0 Å². The summed E-state index contributed by atoms with van der Waals surface area (Å²) in [5, 5.41) is 8.98. The summed E-state index contributed by atoms with van der Waals surface area (Å²) in [7, 11) is 0. The molecule has 0 bridgehead atoms. The molecule has 0 rings (SSSR count). The summed E-state index contributed by atoms with van der Waals surface area (Å²) in [5.41, 5.74) is -0.907. The van der Waals surface area contributed by atoms with E-state index in [4.69, 9.17) is 5.11 Å². The number of carbonyl (C=O) groups excluding carboxylic acids is 2. The molecule has 5 nitrogen and oxygen atoms in total. The van der Waals surface area contributed by atoms with Crippen molar-refractivity contribution < 1.29 is 98.8 Å². The lowest BCUT2D eigenvalue weighted by molar-refractivity contribution is -0.461. The van der Waals surface area contributed by atoms with Gasteiger partial charge in [0.25, 0.3) is 0 Å². The van der Waals surface area contributed by atoms with Crippen molar-refractivity contribution in [2.45, 2.75) is 94.0 Å². The topological polar surface area (TPSA) is 72.8 Å². The molecule has 0 spiro atoms. The summed E-state index contributed by atoms with van der Waals surface area (Å²) in [5.74, 6) is -51.1. The van der Waals surface area contributed by atoms with E-state index in [1.165, 1.54) is 0 Å². The molecule has 260 valence electrons. The van der Waals surface area contributed by atoms with E-state index in [2.05, 4.69) is 22.6 Å². The number of rotatable bonds is 14. The number of hydrogen-bond donors (Lipinski definition) is 1. The van der Waals surface area contributed by atoms with Crippen LogP contribution in [0.4, 0.5) is 74.6 Å². The molecule has 1 unspecified atom stereocenters. The molecule has 0 saturated carbocycles. The average molecular weight is 690 g/mol. The molecule has 0 heterocycles. The van der Waals surface area contributed by atoms with E-state index in [0.29, 0.717) is 18.9 Å². The molecule has 0 aliphatic rings. The molecular weight excluding hydrogens is 667 g/mol. The van der Waals surface area contributed by atoms with E-state index in [-0.39, 0.29) is 6.61 Å². The predicted molar refractivity (Wildman–Crippen MR) is 113 cm³/mol. The van der Waals surface area contributed by atoms with Crippen LogP contribution >= 0.6 is 0 Å². The number of aliphatic hydroxyl groups is 1. The van der Waals surface area contributed by atoms with Crippen LogP contribution in [0.25, 0.3) is 0 Å². The third kappa shape index (κ3) is 9.35. The van der Waals surface area contributed by atoms with Gasteiger partial charge in [0.15, 0.2) is 0 Å². The molecule has 22 heteroatoms. The van der Waals surface area contributed by atoms with E-state index < -0.39 is 84.3 Å². The lowest BCUT2D eigenvalue weighted by Crippen LogP contribution is -2.73. The fourth-order valence-electron chi connectivity index (χ4n) is 2.14. The molecule has 1 N–H and O–H groups in total. The third-order valence-corrected chi connectivity index (χ3v) is 4.92. The number of hydrogen-bond acceptors (Lipinski definition) is 5. The molecule has 0 aromatic rings. The smallest absolute Gasteiger partial charge is 0.460 e. The second kappa shape index (κ2) is 14.1. The minimum Gasteiger partial charge on any atom is -0.460 e. The Balaban J connectivity index is 0. The van der Waals surface area contributed by atoms with Crippen molar-refractivity contribution in [2.24, 2.45) is 0 Å². The van der Waals surface area contributed by atoms with Gasteiger partial charge < -0.3 is 14.6 Å². The Morgan fingerprint density at radius 2 is 1.00 bits per heavy atom. The van der Waals surface area contributed by atoms with Gasteiger partial charge in [0, 0.05) is 24.0 Å². The van der Waals surface area contributed by atoms with E-state index >= 15 is 0 Å². The van der Waals surface area contributed by atoms with Crippen molar-refractivity contribution in [3.05, 3.63) is 24.3 Å². The van der Waals surface area contributed by atoms with E-state index in [1.54, 1.807) is 6.92 Å². The Morgan fingerprint density at radius 1 is 0.636 bits per heavy atom. The standard InChI is InChI=1S/C14H9F17O2.C8H14O3/c1-5(2)6(32)33-14(30,31)13(28,29)12(26,27)11(24,25)10(22,23)9(20,21)7(15,16)3-4-8(17,18)19;1-4-7(9)5-11-8(10)6(2)3/h1,3-4H2,2H3;7,9H,2,4-5H2,1,3H3. The summed E-state index contributed by atoms with van der Waals surface area (Å²) in [6.07, 6.45) is -19.4. The number of carbonyl (C=O) groups is 2. The minimum atomic E-state index is -8.49. The van der Waals surface area contributed by atoms with Crippen molar-refractivity contribution in [1.29, 1.82) is 0 Å². The van der Waals surface area contributed by atoms with Crippen LogP contribution in [0.15, 0.2) is 24.3 Å². The minimum absolute atomic E-state index is 0.0577. The van der Waals surface area contributed by atoms with Crippen molar-refractivity contribution >= 4 is 11.9 Å². The van der Waals surface area contributed by atoms with Gasteiger partial charge >= 0.3 is 59.8 Å². The van der Waals surface area contributed by atoms with E-state index in [9.17, 15) is 84.2 Å². The van der Waals surface area contributed by atoms with Crippen molar-refractivity contribution in [3.8, 4) is 0 Å². The van der Waals surface area contributed by atoms with Gasteiger partial charge in [-0.3, -0.25) is 0 Å². The van der Waals surface area contributed by atoms with Crippen LogP contribution in [-0.4, -0.2) is 77.6 Å². The Bertz CT molecular complexity index is 1030. The fourth-order valence-corrected chi connectivity index (χ4v) is 2.14. The lowest BCUT2D eigenvalue weighted by atomic mass is 9.89. The van der Waals surface area contributed by atoms with Gasteiger partial charge in [0.1, 0.15) is 6.61 Å². The van der Waals surface area contributed by atoms with Crippen LogP contribution < -0.4 is 0 Å². The Hall–Kier alpha value is -2.81. The molecule has 0 aliphatic heterocycles. The van der Waals surface area contributed by atoms with E-state index in [0.717, 1.165) is 0 Å². The molecule has 0 radical (unpaired) electrons. The maximum atomic E-state index is 13.5. The maximum Gasteiger partial charge on any atom is 0.473 e. The zero-order chi connectivity index (χ0) is 36.1. The largest absolute Gasteiger partial charge is 0.473 e. The number of ether oxygens (including phenoxy) is 2. The normalized spacial score (nSPS) is 14.7. The molecule has 1 atom stereocenters. The van der Waals surface area contributed by atoms with Crippen molar-refractivity contribution in [3.63, 3.8) is 0 Å². The molecule has 44 heavy (non-hydrogen) atoms. The molecular formula is C22H23F17O5. The second-order valence-electron chi connectivity index (χ2n) is 8.82. The zero-order valence-corrected chi connectivity index (χ0v) is 22.3. The van der Waals surface area contributed by atoms with Crippen LogP contribution in [-0.2, 0) is 19.1 Å². The van der Waals surface area contributed by atoms with Crippen LogP contribution in [0, 0.1) is 0 Å². The van der Waals surface area contributed by atoms with Gasteiger partial charge in [-0.15, -0.1) is 0 Å². The van der Waals surface area contributed by atoms with Crippen LogP contribution in [0.1, 0.15) is 40.0 Å². The van der Waals surface area contributed by atoms with Gasteiger partial charge in [0.2, 0.25) is 0 Å². The monoisotopic (exact) mass is 690 g/mol. The first-order valence-corrected chi connectivity index (χ1v) is 11.2. The predicted octanol–water partition coefficient (Wildman–Crippen LogP) is 7.73. The summed E-state index contributed by atoms with van der Waals surface area (Å²) >= 11 is 0. The first-order valence-electron chi connectivity index (χ1n) is 11.2. The first kappa shape index (κ1) is 43.3. The quantitative estimate of drug-likeness (QED) is 0.115. The maximum absolute atomic E-state index is 13.5. The highest BCUT2D eigenvalue weighted by Crippen LogP contribution is 2.62. The third-order valence-electron chi connectivity index (χ3n) is 4.92. The molecule has 0 aromatic heterocycles. The van der Waals surface area contributed by atoms with Crippen LogP contribution in [0.3, 0.4) is 0 Å². The fraction of sp³-hybridized carbons (Fsp3) is 0.727.